The highest BCUT2D eigenvalue weighted by Gasteiger charge is 2.16. The molecule has 0 aromatic carbocycles. The average molecular weight is 231 g/mol. The predicted molar refractivity (Wildman–Crippen MR) is 65.4 cm³/mol. The average Bonchev–Trinajstić information content (AvgIpc) is 3.00. The molecule has 1 fully saturated rings. The van der Waals surface area contributed by atoms with Gasteiger partial charge in [-0.1, -0.05) is 0 Å². The zero-order chi connectivity index (χ0) is 11.5. The lowest BCUT2D eigenvalue weighted by atomic mass is 9.98. The maximum atomic E-state index is 4.38. The van der Waals surface area contributed by atoms with Crippen molar-refractivity contribution >= 4 is 0 Å². The molecule has 2 aromatic heterocycles. The van der Waals surface area contributed by atoms with Crippen LogP contribution >= 0.6 is 0 Å². The summed E-state index contributed by atoms with van der Waals surface area (Å²) in [6, 6.07) is 0. The molecule has 0 bridgehead atoms. The molecule has 17 heavy (non-hydrogen) atoms. The Morgan fingerprint density at radius 1 is 1.24 bits per heavy atom. The van der Waals surface area contributed by atoms with E-state index in [1.54, 1.807) is 6.20 Å². The van der Waals surface area contributed by atoms with Gasteiger partial charge in [0.05, 0.1) is 0 Å². The minimum Gasteiger partial charge on any atom is -0.342 e. The van der Waals surface area contributed by atoms with E-state index >= 15 is 0 Å². The number of aromatic amines is 1. The Labute approximate surface area is 100 Å². The summed E-state index contributed by atoms with van der Waals surface area (Å²) in [5.41, 5.74) is 0. The van der Waals surface area contributed by atoms with Gasteiger partial charge in [0.15, 0.2) is 11.6 Å². The molecule has 1 aliphatic rings. The van der Waals surface area contributed by atoms with Crippen molar-refractivity contribution < 1.29 is 0 Å². The summed E-state index contributed by atoms with van der Waals surface area (Å²) in [4.78, 5) is 11.7. The molecule has 3 rings (SSSR count). The van der Waals surface area contributed by atoms with Gasteiger partial charge in [0.2, 0.25) is 0 Å². The van der Waals surface area contributed by atoms with Gasteiger partial charge in [-0.3, -0.25) is 0 Å². The van der Waals surface area contributed by atoms with Crippen LogP contribution < -0.4 is 5.32 Å². The topological polar surface area (TPSA) is 58.5 Å². The Morgan fingerprint density at radius 2 is 2.12 bits per heavy atom. The highest BCUT2D eigenvalue weighted by Crippen LogP contribution is 2.18. The first-order chi connectivity index (χ1) is 8.43. The highest BCUT2D eigenvalue weighted by atomic mass is 15.1. The number of aromatic nitrogens is 4. The molecular weight excluding hydrogens is 214 g/mol. The van der Waals surface area contributed by atoms with Gasteiger partial charge >= 0.3 is 0 Å². The van der Waals surface area contributed by atoms with Crippen LogP contribution in [-0.2, 0) is 6.54 Å². The minimum atomic E-state index is 0.749. The maximum Gasteiger partial charge on any atom is 0.176 e. The normalized spacial score (nSPS) is 17.4. The molecule has 0 amide bonds. The summed E-state index contributed by atoms with van der Waals surface area (Å²) in [7, 11) is 0. The molecule has 0 radical (unpaired) electrons. The van der Waals surface area contributed by atoms with Crippen molar-refractivity contribution in [2.24, 2.45) is 5.92 Å². The van der Waals surface area contributed by atoms with Gasteiger partial charge in [0, 0.05) is 31.3 Å². The predicted octanol–water partition coefficient (Wildman–Crippen LogP) is 1.27. The van der Waals surface area contributed by atoms with Gasteiger partial charge in [-0.15, -0.1) is 0 Å². The van der Waals surface area contributed by atoms with E-state index in [0.717, 1.165) is 37.2 Å². The number of nitrogens with one attached hydrogen (secondary N) is 2. The fraction of sp³-hybridized carbons (Fsp3) is 0.500. The Balaban J connectivity index is 1.77. The van der Waals surface area contributed by atoms with Crippen LogP contribution in [0.1, 0.15) is 12.8 Å². The molecule has 1 saturated heterocycles. The van der Waals surface area contributed by atoms with Gasteiger partial charge < -0.3 is 14.9 Å². The van der Waals surface area contributed by atoms with Gasteiger partial charge in [-0.25, -0.2) is 9.97 Å². The van der Waals surface area contributed by atoms with Crippen LogP contribution in [0.4, 0.5) is 0 Å². The quantitative estimate of drug-likeness (QED) is 0.836. The molecular formula is C12H17N5. The summed E-state index contributed by atoms with van der Waals surface area (Å²) in [5.74, 6) is 2.54. The van der Waals surface area contributed by atoms with Crippen molar-refractivity contribution in [1.29, 1.82) is 0 Å². The lowest BCUT2D eigenvalue weighted by Crippen LogP contribution is -2.29. The molecule has 2 aromatic rings. The summed E-state index contributed by atoms with van der Waals surface area (Å²) in [5, 5.41) is 3.39. The molecule has 0 saturated carbocycles. The standard InChI is InChI=1S/C12H17N5/c1-3-13-4-2-10(1)9-17-8-7-16-12(17)11-14-5-6-15-11/h5-8,10,13H,1-4,9H2,(H,14,15). The van der Waals surface area contributed by atoms with E-state index in [2.05, 4.69) is 24.8 Å². The zero-order valence-electron chi connectivity index (χ0n) is 9.76. The van der Waals surface area contributed by atoms with Crippen LogP contribution in [0.15, 0.2) is 24.8 Å². The third-order valence-corrected chi connectivity index (χ3v) is 3.34. The van der Waals surface area contributed by atoms with Crippen molar-refractivity contribution in [2.75, 3.05) is 13.1 Å². The highest BCUT2D eigenvalue weighted by molar-refractivity contribution is 5.43. The van der Waals surface area contributed by atoms with E-state index in [-0.39, 0.29) is 0 Å². The first-order valence-electron chi connectivity index (χ1n) is 6.15. The third-order valence-electron chi connectivity index (χ3n) is 3.34. The van der Waals surface area contributed by atoms with E-state index in [1.807, 2.05) is 18.6 Å². The second-order valence-corrected chi connectivity index (χ2v) is 4.53. The summed E-state index contributed by atoms with van der Waals surface area (Å²) in [6.45, 7) is 3.31. The third kappa shape index (κ3) is 2.24. The molecule has 90 valence electrons. The molecule has 5 heteroatoms. The van der Waals surface area contributed by atoms with Crippen molar-refractivity contribution in [3.8, 4) is 11.6 Å². The van der Waals surface area contributed by atoms with Crippen LogP contribution in [0.25, 0.3) is 11.6 Å². The van der Waals surface area contributed by atoms with Crippen LogP contribution in [-0.4, -0.2) is 32.6 Å². The molecule has 0 atom stereocenters. The number of rotatable bonds is 3. The fourth-order valence-corrected chi connectivity index (χ4v) is 2.40. The van der Waals surface area contributed by atoms with E-state index in [1.165, 1.54) is 12.8 Å². The Morgan fingerprint density at radius 3 is 2.88 bits per heavy atom. The van der Waals surface area contributed by atoms with Gasteiger partial charge in [0.1, 0.15) is 0 Å². The largest absolute Gasteiger partial charge is 0.342 e. The smallest absolute Gasteiger partial charge is 0.176 e. The molecule has 5 nitrogen and oxygen atoms in total. The summed E-state index contributed by atoms with van der Waals surface area (Å²) >= 11 is 0. The molecule has 0 aliphatic carbocycles. The molecule has 3 heterocycles. The maximum absolute atomic E-state index is 4.38. The second-order valence-electron chi connectivity index (χ2n) is 4.53. The summed E-state index contributed by atoms with van der Waals surface area (Å²) < 4.78 is 2.20. The molecule has 2 N–H and O–H groups in total. The SMILES string of the molecule is c1c[nH]c(-c2nccn2CC2CCNCC2)n1. The van der Waals surface area contributed by atoms with E-state index in [9.17, 15) is 0 Å². The lowest BCUT2D eigenvalue weighted by Gasteiger charge is -2.23. The number of nitrogens with zero attached hydrogens (tertiary/aromatic N) is 3. The fourth-order valence-electron chi connectivity index (χ4n) is 2.40. The first-order valence-corrected chi connectivity index (χ1v) is 6.15. The van der Waals surface area contributed by atoms with Crippen molar-refractivity contribution in [3.05, 3.63) is 24.8 Å². The van der Waals surface area contributed by atoms with Crippen LogP contribution in [0.5, 0.6) is 0 Å². The number of piperidine rings is 1. The van der Waals surface area contributed by atoms with Crippen LogP contribution in [0.2, 0.25) is 0 Å². The molecule has 0 spiro atoms. The molecule has 0 unspecified atom stereocenters. The number of H-pyrrole nitrogens is 1. The van der Waals surface area contributed by atoms with Gasteiger partial charge in [0.25, 0.3) is 0 Å². The molecule has 1 aliphatic heterocycles. The van der Waals surface area contributed by atoms with E-state index in [4.69, 9.17) is 0 Å². The Hall–Kier alpha value is -1.62. The van der Waals surface area contributed by atoms with Crippen molar-refractivity contribution in [1.82, 2.24) is 24.8 Å². The first kappa shape index (κ1) is 10.5. The lowest BCUT2D eigenvalue weighted by molar-refractivity contribution is 0.334. The Kier molecular flexibility index (Phi) is 2.92. The van der Waals surface area contributed by atoms with Crippen molar-refractivity contribution in [2.45, 2.75) is 19.4 Å². The second kappa shape index (κ2) is 4.71. The van der Waals surface area contributed by atoms with E-state index in [0.29, 0.717) is 0 Å². The van der Waals surface area contributed by atoms with Crippen LogP contribution in [0.3, 0.4) is 0 Å². The number of hydrogen-bond acceptors (Lipinski definition) is 3. The van der Waals surface area contributed by atoms with Gasteiger partial charge in [-0.2, -0.15) is 0 Å². The number of imidazole rings is 2. The summed E-state index contributed by atoms with van der Waals surface area (Å²) in [6.07, 6.45) is 9.97. The van der Waals surface area contributed by atoms with Crippen LogP contribution in [0, 0.1) is 5.92 Å². The Bertz CT molecular complexity index is 453. The minimum absolute atomic E-state index is 0.749. The van der Waals surface area contributed by atoms with E-state index < -0.39 is 0 Å². The zero-order valence-corrected chi connectivity index (χ0v) is 9.76. The monoisotopic (exact) mass is 231 g/mol. The van der Waals surface area contributed by atoms with Crippen molar-refractivity contribution in [3.63, 3.8) is 0 Å². The number of hydrogen-bond donors (Lipinski definition) is 2. The van der Waals surface area contributed by atoms with Gasteiger partial charge in [-0.05, 0) is 31.8 Å².